The van der Waals surface area contributed by atoms with E-state index in [2.05, 4.69) is 10.2 Å². The fourth-order valence-electron chi connectivity index (χ4n) is 1.60. The molecule has 17 heavy (non-hydrogen) atoms. The number of nitrogens with two attached hydrogens (primary N) is 1. The Bertz CT molecular complexity index is 494. The van der Waals surface area contributed by atoms with E-state index >= 15 is 0 Å². The summed E-state index contributed by atoms with van der Waals surface area (Å²) in [6, 6.07) is 7.30. The molecule has 0 aliphatic heterocycles. The summed E-state index contributed by atoms with van der Waals surface area (Å²) in [4.78, 5) is 11.2. The lowest BCUT2D eigenvalue weighted by Gasteiger charge is -2.04. The van der Waals surface area contributed by atoms with E-state index < -0.39 is 5.91 Å². The van der Waals surface area contributed by atoms with Crippen molar-refractivity contribution in [1.82, 2.24) is 10.2 Å². The monoisotopic (exact) mass is 230 g/mol. The van der Waals surface area contributed by atoms with Gasteiger partial charge >= 0.3 is 0 Å². The van der Waals surface area contributed by atoms with Crippen LogP contribution >= 0.6 is 0 Å². The van der Waals surface area contributed by atoms with Crippen LogP contribution in [0.4, 0.5) is 0 Å². The fourth-order valence-corrected chi connectivity index (χ4v) is 1.60. The standard InChI is InChI=1S/C12H12N3O2/c13-12(16)10-6-2-1-4-9(10)5-3-7-11-15-14-8-17-11/h1-2,4,6-8H,3,5H2,(H2,13,16). The van der Waals surface area contributed by atoms with Gasteiger partial charge in [-0.05, 0) is 24.5 Å². The number of primary amides is 1. The molecule has 1 aromatic heterocycles. The molecule has 0 unspecified atom stereocenters. The van der Waals surface area contributed by atoms with Crippen molar-refractivity contribution in [2.75, 3.05) is 0 Å². The topological polar surface area (TPSA) is 82.0 Å². The second kappa shape index (κ2) is 5.25. The highest BCUT2D eigenvalue weighted by molar-refractivity contribution is 5.94. The first-order chi connectivity index (χ1) is 8.27. The molecule has 5 heteroatoms. The lowest BCUT2D eigenvalue weighted by molar-refractivity contribution is 0.0999. The molecule has 2 N–H and O–H groups in total. The molecule has 0 saturated carbocycles. The maximum absolute atomic E-state index is 11.2. The molecule has 1 heterocycles. The van der Waals surface area contributed by atoms with Gasteiger partial charge < -0.3 is 10.2 Å². The quantitative estimate of drug-likeness (QED) is 0.840. The molecule has 1 amide bonds. The van der Waals surface area contributed by atoms with Gasteiger partial charge in [0.05, 0.1) is 0 Å². The Morgan fingerprint density at radius 3 is 2.94 bits per heavy atom. The van der Waals surface area contributed by atoms with E-state index in [1.807, 2.05) is 18.6 Å². The summed E-state index contributed by atoms with van der Waals surface area (Å²) in [5.74, 6) is 0.0833. The van der Waals surface area contributed by atoms with Gasteiger partial charge in [-0.1, -0.05) is 18.2 Å². The molecule has 0 atom stereocenters. The largest absolute Gasteiger partial charge is 0.428 e. The van der Waals surface area contributed by atoms with E-state index in [1.54, 1.807) is 12.1 Å². The third-order valence-electron chi connectivity index (χ3n) is 2.39. The van der Waals surface area contributed by atoms with Crippen LogP contribution in [0, 0.1) is 6.42 Å². The van der Waals surface area contributed by atoms with Gasteiger partial charge in [0.1, 0.15) is 0 Å². The number of carbonyl (C=O) groups excluding carboxylic acids is 1. The summed E-state index contributed by atoms with van der Waals surface area (Å²) in [5.41, 5.74) is 6.78. The molecule has 0 fully saturated rings. The van der Waals surface area contributed by atoms with Crippen molar-refractivity contribution in [3.8, 4) is 0 Å². The number of aromatic nitrogens is 2. The van der Waals surface area contributed by atoms with Crippen molar-refractivity contribution >= 4 is 5.91 Å². The Morgan fingerprint density at radius 2 is 2.24 bits per heavy atom. The smallest absolute Gasteiger partial charge is 0.248 e. The van der Waals surface area contributed by atoms with Crippen LogP contribution in [-0.2, 0) is 6.42 Å². The van der Waals surface area contributed by atoms with Crippen LogP contribution in [0.15, 0.2) is 35.1 Å². The zero-order chi connectivity index (χ0) is 12.1. The van der Waals surface area contributed by atoms with Crippen LogP contribution in [-0.4, -0.2) is 16.1 Å². The molecule has 87 valence electrons. The molecule has 5 nitrogen and oxygen atoms in total. The minimum absolute atomic E-state index is 0.404. The Kier molecular flexibility index (Phi) is 3.49. The molecule has 2 rings (SSSR count). The van der Waals surface area contributed by atoms with E-state index in [9.17, 15) is 4.79 Å². The molecule has 0 spiro atoms. The maximum Gasteiger partial charge on any atom is 0.248 e. The highest BCUT2D eigenvalue weighted by Gasteiger charge is 2.07. The first-order valence-electron chi connectivity index (χ1n) is 5.24. The van der Waals surface area contributed by atoms with Crippen molar-refractivity contribution in [3.63, 3.8) is 0 Å². The van der Waals surface area contributed by atoms with Crippen LogP contribution in [0.3, 0.4) is 0 Å². The highest BCUT2D eigenvalue weighted by Crippen LogP contribution is 2.12. The SMILES string of the molecule is NC(=O)c1ccccc1CC[CH]c1nnco1. The van der Waals surface area contributed by atoms with Crippen LogP contribution in [0.25, 0.3) is 0 Å². The lowest BCUT2D eigenvalue weighted by Crippen LogP contribution is -2.13. The fraction of sp³-hybridized carbons (Fsp3) is 0.167. The zero-order valence-corrected chi connectivity index (χ0v) is 9.17. The second-order valence-electron chi connectivity index (χ2n) is 3.54. The van der Waals surface area contributed by atoms with Crippen molar-refractivity contribution in [1.29, 1.82) is 0 Å². The number of nitrogens with zero attached hydrogens (tertiary/aromatic N) is 2. The first kappa shape index (κ1) is 11.3. The van der Waals surface area contributed by atoms with E-state index in [0.717, 1.165) is 5.56 Å². The third-order valence-corrected chi connectivity index (χ3v) is 2.39. The molecular weight excluding hydrogens is 218 g/mol. The van der Waals surface area contributed by atoms with Crippen LogP contribution < -0.4 is 5.73 Å². The summed E-state index contributed by atoms with van der Waals surface area (Å²) in [6.45, 7) is 0. The van der Waals surface area contributed by atoms with Gasteiger partial charge in [0.25, 0.3) is 0 Å². The lowest BCUT2D eigenvalue weighted by atomic mass is 10.0. The molecular formula is C12H12N3O2. The Balaban J connectivity index is 1.97. The van der Waals surface area contributed by atoms with Crippen molar-refractivity contribution in [2.24, 2.45) is 5.73 Å². The Hall–Kier alpha value is -2.17. The van der Waals surface area contributed by atoms with Crippen molar-refractivity contribution < 1.29 is 9.21 Å². The molecule has 0 aliphatic carbocycles. The van der Waals surface area contributed by atoms with Gasteiger partial charge in [-0.2, -0.15) is 0 Å². The normalized spacial score (nSPS) is 10.4. The summed E-state index contributed by atoms with van der Waals surface area (Å²) in [5, 5.41) is 7.31. The summed E-state index contributed by atoms with van der Waals surface area (Å²) in [7, 11) is 0. The molecule has 1 aromatic carbocycles. The molecule has 1 radical (unpaired) electrons. The van der Waals surface area contributed by atoms with Crippen LogP contribution in [0.5, 0.6) is 0 Å². The summed E-state index contributed by atoms with van der Waals surface area (Å²) >= 11 is 0. The zero-order valence-electron chi connectivity index (χ0n) is 9.17. The number of carbonyl (C=O) groups is 1. The Morgan fingerprint density at radius 1 is 1.41 bits per heavy atom. The van der Waals surface area contributed by atoms with Gasteiger partial charge in [0.2, 0.25) is 18.2 Å². The number of amides is 1. The van der Waals surface area contributed by atoms with E-state index in [4.69, 9.17) is 10.2 Å². The minimum atomic E-state index is -0.404. The van der Waals surface area contributed by atoms with Gasteiger partial charge in [-0.25, -0.2) is 0 Å². The predicted octanol–water partition coefficient (Wildman–Crippen LogP) is 1.35. The van der Waals surface area contributed by atoms with Crippen molar-refractivity contribution in [2.45, 2.75) is 12.8 Å². The first-order valence-corrected chi connectivity index (χ1v) is 5.24. The molecule has 0 bridgehead atoms. The number of aryl methyl sites for hydroxylation is 1. The third kappa shape index (κ3) is 2.90. The summed E-state index contributed by atoms with van der Waals surface area (Å²) in [6.07, 6.45) is 4.53. The van der Waals surface area contributed by atoms with Crippen LogP contribution in [0.2, 0.25) is 0 Å². The molecule has 0 saturated heterocycles. The number of rotatable bonds is 5. The van der Waals surface area contributed by atoms with Gasteiger partial charge in [-0.3, -0.25) is 4.79 Å². The van der Waals surface area contributed by atoms with Gasteiger partial charge in [-0.15, -0.1) is 10.2 Å². The van der Waals surface area contributed by atoms with Gasteiger partial charge in [0, 0.05) is 12.0 Å². The summed E-state index contributed by atoms with van der Waals surface area (Å²) < 4.78 is 4.98. The Labute approximate surface area is 98.7 Å². The maximum atomic E-state index is 11.2. The average Bonchev–Trinajstić information content (AvgIpc) is 2.82. The minimum Gasteiger partial charge on any atom is -0.428 e. The number of hydrogen-bond acceptors (Lipinski definition) is 4. The van der Waals surface area contributed by atoms with Gasteiger partial charge in [0.15, 0.2) is 0 Å². The highest BCUT2D eigenvalue weighted by atomic mass is 16.4. The predicted molar refractivity (Wildman–Crippen MR) is 61.0 cm³/mol. The van der Waals surface area contributed by atoms with E-state index in [1.165, 1.54) is 6.39 Å². The molecule has 2 aromatic rings. The van der Waals surface area contributed by atoms with Crippen LogP contribution in [0.1, 0.15) is 28.2 Å². The number of benzene rings is 1. The van der Waals surface area contributed by atoms with Crippen molar-refractivity contribution in [3.05, 3.63) is 54.1 Å². The number of hydrogen-bond donors (Lipinski definition) is 1. The second-order valence-corrected chi connectivity index (χ2v) is 3.54. The average molecular weight is 230 g/mol. The van der Waals surface area contributed by atoms with E-state index in [0.29, 0.717) is 24.3 Å². The molecule has 0 aliphatic rings. The van der Waals surface area contributed by atoms with E-state index in [-0.39, 0.29) is 0 Å².